The van der Waals surface area contributed by atoms with E-state index >= 15 is 0 Å². The molecule has 1 aromatic rings. The summed E-state index contributed by atoms with van der Waals surface area (Å²) in [6.07, 6.45) is 3.79. The molecular formula is C12H17ClN2OS. The van der Waals surface area contributed by atoms with E-state index in [1.165, 1.54) is 24.3 Å². The minimum Gasteiger partial charge on any atom is -0.387 e. The molecule has 0 bridgehead atoms. The maximum atomic E-state index is 10.0. The molecule has 0 spiro atoms. The summed E-state index contributed by atoms with van der Waals surface area (Å²) < 4.78 is 2.18. The van der Waals surface area contributed by atoms with Crippen molar-refractivity contribution in [2.45, 2.75) is 44.2 Å². The number of aliphatic hydroxyl groups excluding tert-OH is 1. The Hall–Kier alpha value is -0.190. The first-order valence-corrected chi connectivity index (χ1v) is 7.82. The van der Waals surface area contributed by atoms with Crippen molar-refractivity contribution < 1.29 is 5.11 Å². The molecule has 0 radical (unpaired) electrons. The summed E-state index contributed by atoms with van der Waals surface area (Å²) in [5.74, 6) is 4.08. The van der Waals surface area contributed by atoms with Gasteiger partial charge < -0.3 is 9.67 Å². The number of nitrogens with zero attached hydrogens (tertiary/aromatic N) is 2. The number of thioether (sulfide) groups is 1. The molecule has 1 saturated heterocycles. The second kappa shape index (κ2) is 4.82. The van der Waals surface area contributed by atoms with Gasteiger partial charge in [-0.25, -0.2) is 4.98 Å². The largest absolute Gasteiger partial charge is 0.387 e. The number of halogens is 1. The summed E-state index contributed by atoms with van der Waals surface area (Å²) in [4.78, 5) is 4.53. The van der Waals surface area contributed by atoms with E-state index in [1.54, 1.807) is 0 Å². The van der Waals surface area contributed by atoms with Crippen LogP contribution in [0.5, 0.6) is 0 Å². The third-order valence-corrected chi connectivity index (χ3v) is 5.08. The molecular weight excluding hydrogens is 256 g/mol. The molecule has 5 heteroatoms. The van der Waals surface area contributed by atoms with Crippen LogP contribution in [0.3, 0.4) is 0 Å². The smallest absolute Gasteiger partial charge is 0.153 e. The van der Waals surface area contributed by atoms with E-state index in [-0.39, 0.29) is 0 Å². The van der Waals surface area contributed by atoms with E-state index in [2.05, 4.69) is 9.55 Å². The number of hydrogen-bond donors (Lipinski definition) is 1. The zero-order valence-corrected chi connectivity index (χ0v) is 11.3. The van der Waals surface area contributed by atoms with Gasteiger partial charge in [-0.1, -0.05) is 11.6 Å². The molecule has 1 aromatic heterocycles. The molecule has 0 aliphatic carbocycles. The van der Waals surface area contributed by atoms with Gasteiger partial charge in [0.25, 0.3) is 0 Å². The van der Waals surface area contributed by atoms with Crippen molar-refractivity contribution in [3.05, 3.63) is 16.7 Å². The predicted molar refractivity (Wildman–Crippen MR) is 70.7 cm³/mol. The average molecular weight is 273 g/mol. The van der Waals surface area contributed by atoms with E-state index in [0.29, 0.717) is 11.1 Å². The molecule has 1 unspecified atom stereocenters. The van der Waals surface area contributed by atoms with Crippen molar-refractivity contribution in [1.29, 1.82) is 0 Å². The topological polar surface area (TPSA) is 38.0 Å². The highest BCUT2D eigenvalue weighted by atomic mass is 35.5. The predicted octanol–water partition coefficient (Wildman–Crippen LogP) is 2.97. The van der Waals surface area contributed by atoms with Gasteiger partial charge in [-0.2, -0.15) is 11.8 Å². The quantitative estimate of drug-likeness (QED) is 0.854. The van der Waals surface area contributed by atoms with E-state index in [1.807, 2.05) is 11.8 Å². The highest BCUT2D eigenvalue weighted by Gasteiger charge is 2.29. The van der Waals surface area contributed by atoms with Gasteiger partial charge >= 0.3 is 0 Å². The molecule has 2 aliphatic heterocycles. The Morgan fingerprint density at radius 1 is 1.29 bits per heavy atom. The molecule has 1 N–H and O–H groups in total. The fourth-order valence-corrected chi connectivity index (χ4v) is 4.27. The van der Waals surface area contributed by atoms with Crippen LogP contribution < -0.4 is 0 Å². The van der Waals surface area contributed by atoms with Crippen LogP contribution in [-0.4, -0.2) is 26.2 Å². The Morgan fingerprint density at radius 3 is 2.82 bits per heavy atom. The lowest BCUT2D eigenvalue weighted by atomic mass is 10.0. The number of imidazole rings is 1. The molecule has 17 heavy (non-hydrogen) atoms. The summed E-state index contributed by atoms with van der Waals surface area (Å²) in [6, 6.07) is 0. The van der Waals surface area contributed by atoms with Crippen LogP contribution >= 0.6 is 23.4 Å². The second-order valence-corrected chi connectivity index (χ2v) is 6.43. The first kappa shape index (κ1) is 11.9. The fraction of sp³-hybridized carbons (Fsp3) is 0.750. The minimum atomic E-state index is -0.421. The summed E-state index contributed by atoms with van der Waals surface area (Å²) in [7, 11) is 0. The highest BCUT2D eigenvalue weighted by Crippen LogP contribution is 2.37. The van der Waals surface area contributed by atoms with Crippen molar-refractivity contribution in [1.82, 2.24) is 9.55 Å². The van der Waals surface area contributed by atoms with Gasteiger partial charge in [0, 0.05) is 12.5 Å². The lowest BCUT2D eigenvalue weighted by molar-refractivity contribution is 0.138. The molecule has 3 heterocycles. The zero-order valence-electron chi connectivity index (χ0n) is 9.73. The van der Waals surface area contributed by atoms with Crippen LogP contribution in [0.15, 0.2) is 0 Å². The first-order valence-electron chi connectivity index (χ1n) is 6.29. The molecule has 0 amide bonds. The SMILES string of the molecule is OC1CCCn2c(C3CCSCC3)nc(Cl)c21. The van der Waals surface area contributed by atoms with Crippen LogP contribution in [0.4, 0.5) is 0 Å². The third kappa shape index (κ3) is 2.11. The Labute approximate surface area is 111 Å². The summed E-state index contributed by atoms with van der Waals surface area (Å²) in [5.41, 5.74) is 0.853. The molecule has 0 saturated carbocycles. The molecule has 0 aromatic carbocycles. The third-order valence-electron chi connectivity index (χ3n) is 3.75. The molecule has 94 valence electrons. The zero-order chi connectivity index (χ0) is 11.8. The van der Waals surface area contributed by atoms with Crippen molar-refractivity contribution in [2.24, 2.45) is 0 Å². The van der Waals surface area contributed by atoms with Gasteiger partial charge in [0.1, 0.15) is 5.82 Å². The van der Waals surface area contributed by atoms with Gasteiger partial charge in [0.15, 0.2) is 5.15 Å². The van der Waals surface area contributed by atoms with Gasteiger partial charge in [-0.05, 0) is 37.2 Å². The van der Waals surface area contributed by atoms with Crippen molar-refractivity contribution in [2.75, 3.05) is 11.5 Å². The molecule has 3 nitrogen and oxygen atoms in total. The first-order chi connectivity index (χ1) is 8.27. The molecule has 2 aliphatic rings. The van der Waals surface area contributed by atoms with Gasteiger partial charge in [0.2, 0.25) is 0 Å². The number of aromatic nitrogens is 2. The number of rotatable bonds is 1. The van der Waals surface area contributed by atoms with E-state index in [0.717, 1.165) is 30.9 Å². The average Bonchev–Trinajstić information content (AvgIpc) is 2.69. The lowest BCUT2D eigenvalue weighted by Crippen LogP contribution is -2.20. The van der Waals surface area contributed by atoms with Crippen LogP contribution in [0, 0.1) is 0 Å². The Bertz CT molecular complexity index is 415. The van der Waals surface area contributed by atoms with E-state index in [4.69, 9.17) is 11.6 Å². The number of hydrogen-bond acceptors (Lipinski definition) is 3. The molecule has 3 rings (SSSR count). The minimum absolute atomic E-state index is 0.421. The van der Waals surface area contributed by atoms with Gasteiger partial charge in [-0.3, -0.25) is 0 Å². The lowest BCUT2D eigenvalue weighted by Gasteiger charge is -2.26. The van der Waals surface area contributed by atoms with E-state index in [9.17, 15) is 5.11 Å². The number of fused-ring (bicyclic) bond motifs is 1. The van der Waals surface area contributed by atoms with Crippen LogP contribution in [0.25, 0.3) is 0 Å². The normalized spacial score (nSPS) is 25.9. The van der Waals surface area contributed by atoms with Crippen LogP contribution in [0.1, 0.15) is 49.2 Å². The maximum absolute atomic E-state index is 10.0. The maximum Gasteiger partial charge on any atom is 0.153 e. The van der Waals surface area contributed by atoms with Crippen LogP contribution in [0.2, 0.25) is 5.15 Å². The standard InChI is InChI=1S/C12H17ClN2OS/c13-11-10-9(16)2-1-5-15(10)12(14-11)8-3-6-17-7-4-8/h8-9,16H,1-7H2. The Balaban J connectivity index is 1.97. The van der Waals surface area contributed by atoms with Gasteiger partial charge in [-0.15, -0.1) is 0 Å². The van der Waals surface area contributed by atoms with Crippen molar-refractivity contribution in [3.8, 4) is 0 Å². The summed E-state index contributed by atoms with van der Waals surface area (Å²) in [6.45, 7) is 0.963. The number of aliphatic hydroxyl groups is 1. The van der Waals surface area contributed by atoms with Gasteiger partial charge in [0.05, 0.1) is 11.8 Å². The van der Waals surface area contributed by atoms with Crippen molar-refractivity contribution >= 4 is 23.4 Å². The highest BCUT2D eigenvalue weighted by molar-refractivity contribution is 7.99. The Kier molecular flexibility index (Phi) is 3.37. The monoisotopic (exact) mass is 272 g/mol. The van der Waals surface area contributed by atoms with Crippen LogP contribution in [-0.2, 0) is 6.54 Å². The van der Waals surface area contributed by atoms with E-state index < -0.39 is 6.10 Å². The fourth-order valence-electron chi connectivity index (χ4n) is 2.85. The molecule has 1 fully saturated rings. The summed E-state index contributed by atoms with van der Waals surface area (Å²) >= 11 is 8.20. The summed E-state index contributed by atoms with van der Waals surface area (Å²) in [5, 5.41) is 10.5. The van der Waals surface area contributed by atoms with Crippen molar-refractivity contribution in [3.63, 3.8) is 0 Å². The molecule has 1 atom stereocenters. The second-order valence-electron chi connectivity index (χ2n) is 4.84. The Morgan fingerprint density at radius 2 is 2.06 bits per heavy atom.